The third-order valence-electron chi connectivity index (χ3n) is 4.01. The molecule has 2 unspecified atom stereocenters. The number of hydrogen-bond acceptors (Lipinski definition) is 2. The van der Waals surface area contributed by atoms with Crippen molar-refractivity contribution in [1.29, 1.82) is 0 Å². The third-order valence-corrected chi connectivity index (χ3v) is 5.22. The molecular weight excluding hydrogens is 269 g/mol. The maximum atomic E-state index is 13.1. The molecule has 20 heavy (non-hydrogen) atoms. The highest BCUT2D eigenvalue weighted by molar-refractivity contribution is 7.99. The van der Waals surface area contributed by atoms with E-state index in [0.717, 1.165) is 23.3 Å². The summed E-state index contributed by atoms with van der Waals surface area (Å²) in [5, 5.41) is 0. The Bertz CT molecular complexity index is 626. The molecule has 1 nitrogen and oxygen atoms in total. The van der Waals surface area contributed by atoms with Crippen molar-refractivity contribution in [2.45, 2.75) is 30.2 Å². The average Bonchev–Trinajstić information content (AvgIpc) is 2.86. The van der Waals surface area contributed by atoms with Crippen LogP contribution in [0.4, 0.5) is 4.39 Å². The van der Waals surface area contributed by atoms with Gasteiger partial charge in [-0.3, -0.25) is 0 Å². The topological polar surface area (TPSA) is 26.0 Å². The minimum atomic E-state index is -0.179. The van der Waals surface area contributed by atoms with Crippen molar-refractivity contribution in [3.8, 4) is 0 Å². The molecule has 2 N–H and O–H groups in total. The maximum absolute atomic E-state index is 13.1. The lowest BCUT2D eigenvalue weighted by atomic mass is 9.89. The Kier molecular flexibility index (Phi) is 3.81. The molecule has 0 fully saturated rings. The summed E-state index contributed by atoms with van der Waals surface area (Å²) in [6.07, 6.45) is 0.797. The quantitative estimate of drug-likeness (QED) is 0.926. The highest BCUT2D eigenvalue weighted by Gasteiger charge is 2.28. The van der Waals surface area contributed by atoms with Crippen LogP contribution in [0.3, 0.4) is 0 Å². The Balaban J connectivity index is 1.79. The minimum absolute atomic E-state index is 0.0790. The van der Waals surface area contributed by atoms with Crippen molar-refractivity contribution in [2.75, 3.05) is 5.75 Å². The molecule has 0 saturated carbocycles. The predicted molar refractivity (Wildman–Crippen MR) is 82.7 cm³/mol. The second-order valence-electron chi connectivity index (χ2n) is 5.39. The standard InChI is InChI=1S/C17H18FNS/c1-11-8-13(18)7-6-12(11)9-16(19)15-10-20-17-5-3-2-4-14(15)17/h2-8,15-16H,9-10,19H2,1H3. The molecule has 3 heteroatoms. The molecule has 2 atom stereocenters. The van der Waals surface area contributed by atoms with E-state index >= 15 is 0 Å². The Morgan fingerprint density at radius 2 is 2.10 bits per heavy atom. The van der Waals surface area contributed by atoms with Crippen molar-refractivity contribution in [3.05, 3.63) is 65.0 Å². The fourth-order valence-electron chi connectivity index (χ4n) is 2.83. The molecule has 0 bridgehead atoms. The van der Waals surface area contributed by atoms with Crippen LogP contribution in [-0.2, 0) is 6.42 Å². The molecule has 2 aromatic rings. The Morgan fingerprint density at radius 3 is 2.90 bits per heavy atom. The smallest absolute Gasteiger partial charge is 0.123 e. The third kappa shape index (κ3) is 2.60. The number of aryl methyl sites for hydroxylation is 1. The first-order valence-corrected chi connectivity index (χ1v) is 7.86. The van der Waals surface area contributed by atoms with E-state index in [1.165, 1.54) is 16.5 Å². The summed E-state index contributed by atoms with van der Waals surface area (Å²) in [5.74, 6) is 1.25. The van der Waals surface area contributed by atoms with Crippen LogP contribution < -0.4 is 5.73 Å². The van der Waals surface area contributed by atoms with E-state index in [4.69, 9.17) is 5.73 Å². The van der Waals surface area contributed by atoms with Crippen LogP contribution in [0, 0.1) is 12.7 Å². The maximum Gasteiger partial charge on any atom is 0.123 e. The van der Waals surface area contributed by atoms with E-state index < -0.39 is 0 Å². The Labute approximate surface area is 123 Å². The summed E-state index contributed by atoms with van der Waals surface area (Å²) < 4.78 is 13.1. The predicted octanol–water partition coefficient (Wildman–Crippen LogP) is 3.89. The van der Waals surface area contributed by atoms with E-state index in [-0.39, 0.29) is 11.9 Å². The van der Waals surface area contributed by atoms with Crippen molar-refractivity contribution >= 4 is 11.8 Å². The van der Waals surface area contributed by atoms with Gasteiger partial charge in [-0.2, -0.15) is 0 Å². The molecule has 0 aromatic heterocycles. The minimum Gasteiger partial charge on any atom is -0.327 e. The van der Waals surface area contributed by atoms with Crippen molar-refractivity contribution in [1.82, 2.24) is 0 Å². The van der Waals surface area contributed by atoms with Gasteiger partial charge in [0, 0.05) is 22.6 Å². The van der Waals surface area contributed by atoms with Gasteiger partial charge in [-0.25, -0.2) is 4.39 Å². The molecular formula is C17H18FNS. The molecule has 0 radical (unpaired) electrons. The van der Waals surface area contributed by atoms with Gasteiger partial charge in [0.25, 0.3) is 0 Å². The summed E-state index contributed by atoms with van der Waals surface area (Å²) in [7, 11) is 0. The van der Waals surface area contributed by atoms with Crippen LogP contribution in [0.2, 0.25) is 0 Å². The normalized spacial score (nSPS) is 18.9. The molecule has 2 aromatic carbocycles. The number of benzene rings is 2. The first-order chi connectivity index (χ1) is 9.65. The summed E-state index contributed by atoms with van der Waals surface area (Å²) >= 11 is 1.88. The summed E-state index contributed by atoms with van der Waals surface area (Å²) in [6, 6.07) is 13.5. The number of nitrogens with two attached hydrogens (primary N) is 1. The van der Waals surface area contributed by atoms with Gasteiger partial charge in [-0.1, -0.05) is 24.3 Å². The summed E-state index contributed by atoms with van der Waals surface area (Å²) in [6.45, 7) is 1.95. The zero-order valence-electron chi connectivity index (χ0n) is 11.5. The van der Waals surface area contributed by atoms with Crippen molar-refractivity contribution < 1.29 is 4.39 Å². The van der Waals surface area contributed by atoms with Crippen LogP contribution in [0.1, 0.15) is 22.6 Å². The van der Waals surface area contributed by atoms with E-state index in [2.05, 4.69) is 24.3 Å². The number of halogens is 1. The van der Waals surface area contributed by atoms with Gasteiger partial charge in [0.05, 0.1) is 0 Å². The molecule has 1 aliphatic heterocycles. The highest BCUT2D eigenvalue weighted by atomic mass is 32.2. The van der Waals surface area contributed by atoms with Crippen LogP contribution in [0.25, 0.3) is 0 Å². The monoisotopic (exact) mass is 287 g/mol. The molecule has 0 amide bonds. The first-order valence-electron chi connectivity index (χ1n) is 6.87. The highest BCUT2D eigenvalue weighted by Crippen LogP contribution is 2.41. The Morgan fingerprint density at radius 1 is 1.30 bits per heavy atom. The molecule has 0 aliphatic carbocycles. The van der Waals surface area contributed by atoms with E-state index in [9.17, 15) is 4.39 Å². The van der Waals surface area contributed by atoms with Crippen molar-refractivity contribution in [3.63, 3.8) is 0 Å². The van der Waals surface area contributed by atoms with Gasteiger partial charge in [0.15, 0.2) is 0 Å². The fraction of sp³-hybridized carbons (Fsp3) is 0.294. The SMILES string of the molecule is Cc1cc(F)ccc1CC(N)C1CSc2ccccc21. The summed E-state index contributed by atoms with van der Waals surface area (Å²) in [4.78, 5) is 1.35. The lowest BCUT2D eigenvalue weighted by molar-refractivity contribution is 0.568. The number of fused-ring (bicyclic) bond motifs is 1. The lowest BCUT2D eigenvalue weighted by Crippen LogP contribution is -2.31. The zero-order chi connectivity index (χ0) is 14.1. The van der Waals surface area contributed by atoms with Crippen LogP contribution >= 0.6 is 11.8 Å². The largest absolute Gasteiger partial charge is 0.327 e. The van der Waals surface area contributed by atoms with Crippen LogP contribution in [-0.4, -0.2) is 11.8 Å². The first kappa shape index (κ1) is 13.7. The van der Waals surface area contributed by atoms with Crippen LogP contribution in [0.15, 0.2) is 47.4 Å². The molecule has 0 saturated heterocycles. The van der Waals surface area contributed by atoms with Crippen molar-refractivity contribution in [2.24, 2.45) is 5.73 Å². The Hall–Kier alpha value is -1.32. The van der Waals surface area contributed by atoms with E-state index in [1.54, 1.807) is 6.07 Å². The number of rotatable bonds is 3. The van der Waals surface area contributed by atoms with Gasteiger partial charge in [0.2, 0.25) is 0 Å². The molecule has 3 rings (SSSR count). The molecule has 1 heterocycles. The van der Waals surface area contributed by atoms with Gasteiger partial charge in [-0.05, 0) is 48.2 Å². The van der Waals surface area contributed by atoms with Crippen LogP contribution in [0.5, 0.6) is 0 Å². The average molecular weight is 287 g/mol. The fourth-order valence-corrected chi connectivity index (χ4v) is 4.17. The number of thioether (sulfide) groups is 1. The lowest BCUT2D eigenvalue weighted by Gasteiger charge is -2.20. The second-order valence-corrected chi connectivity index (χ2v) is 6.46. The van der Waals surface area contributed by atoms with E-state index in [1.807, 2.05) is 24.8 Å². The summed E-state index contributed by atoms with van der Waals surface area (Å²) in [5.41, 5.74) is 9.92. The molecule has 1 aliphatic rings. The second kappa shape index (κ2) is 5.58. The van der Waals surface area contributed by atoms with Gasteiger partial charge >= 0.3 is 0 Å². The molecule has 0 spiro atoms. The number of hydrogen-bond donors (Lipinski definition) is 1. The van der Waals surface area contributed by atoms with Gasteiger partial charge in [0.1, 0.15) is 5.82 Å². The van der Waals surface area contributed by atoms with Gasteiger partial charge in [-0.15, -0.1) is 11.8 Å². The molecule has 104 valence electrons. The van der Waals surface area contributed by atoms with Gasteiger partial charge < -0.3 is 5.73 Å². The van der Waals surface area contributed by atoms with E-state index in [0.29, 0.717) is 5.92 Å². The zero-order valence-corrected chi connectivity index (χ0v) is 12.3.